The molecule has 0 bridgehead atoms. The zero-order valence-corrected chi connectivity index (χ0v) is 18.7. The summed E-state index contributed by atoms with van der Waals surface area (Å²) < 4.78 is 82.9. The Labute approximate surface area is 199 Å². The summed E-state index contributed by atoms with van der Waals surface area (Å²) in [6, 6.07) is 7.55. The van der Waals surface area contributed by atoms with Crippen LogP contribution in [0.2, 0.25) is 10.0 Å². The Morgan fingerprint density at radius 2 is 1.74 bits per heavy atom. The van der Waals surface area contributed by atoms with Gasteiger partial charge in [0.15, 0.2) is 0 Å². The van der Waals surface area contributed by atoms with Crippen LogP contribution in [0.3, 0.4) is 0 Å². The molecule has 2 aromatic rings. The molecule has 0 spiro atoms. The third-order valence-electron chi connectivity index (χ3n) is 4.76. The highest BCUT2D eigenvalue weighted by Gasteiger charge is 2.59. The summed E-state index contributed by atoms with van der Waals surface area (Å²) >= 11 is 11.8. The number of benzene rings is 2. The minimum atomic E-state index is -4.89. The van der Waals surface area contributed by atoms with Gasteiger partial charge in [-0.1, -0.05) is 29.3 Å². The fraction of sp³-hybridized carbons (Fsp3) is 0.286. The van der Waals surface area contributed by atoms with E-state index in [-0.39, 0.29) is 32.4 Å². The number of alkyl halides is 6. The molecule has 0 saturated carbocycles. The molecule has 0 aliphatic carbocycles. The maximum absolute atomic E-state index is 14.1. The van der Waals surface area contributed by atoms with Crippen LogP contribution in [0, 0.1) is 6.92 Å². The molecular formula is C21H16Cl2F6N2O3. The maximum Gasteiger partial charge on any atom is 0.428 e. The Morgan fingerprint density at radius 3 is 2.29 bits per heavy atom. The van der Waals surface area contributed by atoms with E-state index in [4.69, 9.17) is 28.0 Å². The Hall–Kier alpha value is -2.47. The molecule has 0 fully saturated rings. The first-order valence-electron chi connectivity index (χ1n) is 9.46. The van der Waals surface area contributed by atoms with Gasteiger partial charge in [-0.2, -0.15) is 26.3 Å². The molecule has 13 heteroatoms. The first kappa shape index (κ1) is 26.1. The minimum absolute atomic E-state index is 0.0120. The topological polar surface area (TPSA) is 59.6 Å². The van der Waals surface area contributed by atoms with Crippen molar-refractivity contribution in [1.82, 2.24) is 10.8 Å². The van der Waals surface area contributed by atoms with Gasteiger partial charge in [0.25, 0.3) is 5.91 Å². The molecule has 2 N–H and O–H groups in total. The van der Waals surface area contributed by atoms with Crippen molar-refractivity contribution in [2.75, 3.05) is 13.3 Å². The van der Waals surface area contributed by atoms with Crippen LogP contribution in [0.5, 0.6) is 0 Å². The van der Waals surface area contributed by atoms with Crippen molar-refractivity contribution in [3.8, 4) is 0 Å². The number of halogens is 8. The van der Waals surface area contributed by atoms with Crippen LogP contribution in [0.4, 0.5) is 26.3 Å². The monoisotopic (exact) mass is 528 g/mol. The molecule has 1 aliphatic rings. The van der Waals surface area contributed by atoms with Gasteiger partial charge >= 0.3 is 12.4 Å². The van der Waals surface area contributed by atoms with Crippen LogP contribution in [0.15, 0.2) is 42.5 Å². The van der Waals surface area contributed by atoms with Crippen LogP contribution in [-0.4, -0.2) is 31.6 Å². The lowest BCUT2D eigenvalue weighted by atomic mass is 9.91. The molecule has 1 heterocycles. The first-order chi connectivity index (χ1) is 15.7. The van der Waals surface area contributed by atoms with E-state index in [1.807, 2.05) is 0 Å². The molecule has 5 nitrogen and oxygen atoms in total. The van der Waals surface area contributed by atoms with E-state index < -0.39 is 37.2 Å². The number of rotatable bonds is 6. The lowest BCUT2D eigenvalue weighted by Gasteiger charge is -2.28. The van der Waals surface area contributed by atoms with E-state index in [0.29, 0.717) is 5.56 Å². The molecule has 1 amide bonds. The van der Waals surface area contributed by atoms with Gasteiger partial charge < -0.3 is 10.1 Å². The number of hydroxylamine groups is 1. The molecule has 1 atom stereocenters. The highest BCUT2D eigenvalue weighted by molar-refractivity contribution is 6.34. The molecule has 34 heavy (non-hydrogen) atoms. The van der Waals surface area contributed by atoms with Crippen molar-refractivity contribution in [2.24, 2.45) is 0 Å². The molecular weight excluding hydrogens is 513 g/mol. The summed E-state index contributed by atoms with van der Waals surface area (Å²) in [5.74, 6) is -0.714. The average Bonchev–Trinajstić information content (AvgIpc) is 3.16. The second kappa shape index (κ2) is 9.65. The predicted octanol–water partition coefficient (Wildman–Crippen LogP) is 5.90. The van der Waals surface area contributed by atoms with Gasteiger partial charge in [-0.25, -0.2) is 0 Å². The molecule has 1 unspecified atom stereocenters. The van der Waals surface area contributed by atoms with E-state index in [2.05, 4.69) is 15.5 Å². The number of hydrogen-bond donors (Lipinski definition) is 2. The molecule has 184 valence electrons. The average molecular weight is 529 g/mol. The number of nitrogens with one attached hydrogen (secondary N) is 2. The van der Waals surface area contributed by atoms with Crippen molar-refractivity contribution in [1.29, 1.82) is 0 Å². The highest BCUT2D eigenvalue weighted by atomic mass is 35.5. The zero-order chi connectivity index (χ0) is 25.3. The number of amides is 1. The predicted molar refractivity (Wildman–Crippen MR) is 112 cm³/mol. The van der Waals surface area contributed by atoms with Crippen LogP contribution in [0.1, 0.15) is 27.0 Å². The summed E-state index contributed by atoms with van der Waals surface area (Å²) in [6.45, 7) is -0.681. The van der Waals surface area contributed by atoms with Crippen molar-refractivity contribution in [3.05, 3.63) is 74.8 Å². The Morgan fingerprint density at radius 1 is 1.09 bits per heavy atom. The number of carbonyl (C=O) groups is 1. The molecule has 0 saturated heterocycles. The number of ether oxygens (including phenoxy) is 1. The summed E-state index contributed by atoms with van der Waals surface area (Å²) in [6.07, 6.45) is -8.59. The number of aryl methyl sites for hydroxylation is 1. The molecule has 1 aliphatic heterocycles. The first-order valence-corrected chi connectivity index (χ1v) is 10.2. The standard InChI is InChI=1S/C21H16Cl2F6N2O3/c1-11-4-12(2-3-16(11)18(32)30-10-33-9-20(24,25)26)17-8-19(34-31-17,21(27,28)29)13-5-14(22)7-15(23)6-13/h2-8,31H,9-10H2,1H3,(H,30,32). The Balaban J connectivity index is 1.85. The second-order valence-electron chi connectivity index (χ2n) is 7.30. The van der Waals surface area contributed by atoms with E-state index in [9.17, 15) is 31.1 Å². The lowest BCUT2D eigenvalue weighted by molar-refractivity contribution is -0.269. The second-order valence-corrected chi connectivity index (χ2v) is 8.17. The van der Waals surface area contributed by atoms with Crippen molar-refractivity contribution < 1.29 is 40.7 Å². The summed E-state index contributed by atoms with van der Waals surface area (Å²) in [5, 5.41) is 2.15. The van der Waals surface area contributed by atoms with Gasteiger partial charge in [0.2, 0.25) is 5.60 Å². The quantitative estimate of drug-likeness (QED) is 0.278. The third kappa shape index (κ3) is 5.77. The molecule has 0 radical (unpaired) electrons. The van der Waals surface area contributed by atoms with E-state index in [1.165, 1.54) is 31.2 Å². The summed E-state index contributed by atoms with van der Waals surface area (Å²) in [4.78, 5) is 17.2. The maximum atomic E-state index is 14.1. The van der Waals surface area contributed by atoms with Crippen LogP contribution in [-0.2, 0) is 15.2 Å². The smallest absolute Gasteiger partial charge is 0.352 e. The lowest BCUT2D eigenvalue weighted by Crippen LogP contribution is -2.42. The molecule has 0 aromatic heterocycles. The fourth-order valence-electron chi connectivity index (χ4n) is 3.22. The van der Waals surface area contributed by atoms with Crippen molar-refractivity contribution in [2.45, 2.75) is 24.9 Å². The van der Waals surface area contributed by atoms with Gasteiger partial charge in [0.05, 0.1) is 5.70 Å². The molecule has 3 rings (SSSR count). The zero-order valence-electron chi connectivity index (χ0n) is 17.2. The van der Waals surface area contributed by atoms with Gasteiger partial charge in [0, 0.05) is 21.2 Å². The summed E-state index contributed by atoms with van der Waals surface area (Å²) in [7, 11) is 0. The number of carbonyl (C=O) groups excluding carboxylic acids is 1. The Bertz CT molecular complexity index is 1100. The largest absolute Gasteiger partial charge is 0.428 e. The van der Waals surface area contributed by atoms with Gasteiger partial charge in [-0.3, -0.25) is 15.1 Å². The summed E-state index contributed by atoms with van der Waals surface area (Å²) in [5.41, 5.74) is -0.267. The van der Waals surface area contributed by atoms with Gasteiger partial charge in [-0.15, -0.1) is 0 Å². The fourth-order valence-corrected chi connectivity index (χ4v) is 3.74. The van der Waals surface area contributed by atoms with E-state index in [0.717, 1.165) is 18.2 Å². The van der Waals surface area contributed by atoms with Crippen molar-refractivity contribution >= 4 is 34.8 Å². The van der Waals surface area contributed by atoms with Crippen molar-refractivity contribution in [3.63, 3.8) is 0 Å². The van der Waals surface area contributed by atoms with Gasteiger partial charge in [-0.05, 0) is 54.5 Å². The van der Waals surface area contributed by atoms with Gasteiger partial charge in [0.1, 0.15) is 13.3 Å². The Kier molecular flexibility index (Phi) is 7.42. The van der Waals surface area contributed by atoms with E-state index in [1.54, 1.807) is 0 Å². The molecule has 2 aromatic carbocycles. The van der Waals surface area contributed by atoms with Crippen LogP contribution >= 0.6 is 23.2 Å². The SMILES string of the molecule is Cc1cc(C2=CC(c3cc(Cl)cc(Cl)c3)(C(F)(F)F)ON2)ccc1C(=O)NCOCC(F)(F)F. The van der Waals surface area contributed by atoms with Crippen LogP contribution in [0.25, 0.3) is 5.70 Å². The minimum Gasteiger partial charge on any atom is -0.352 e. The third-order valence-corrected chi connectivity index (χ3v) is 5.20. The highest BCUT2D eigenvalue weighted by Crippen LogP contribution is 2.48. The number of hydrogen-bond acceptors (Lipinski definition) is 4. The van der Waals surface area contributed by atoms with Crippen LogP contribution < -0.4 is 10.8 Å². The normalized spacial score (nSPS) is 18.4. The van der Waals surface area contributed by atoms with E-state index >= 15 is 0 Å².